The molecule has 0 atom stereocenters. The van der Waals surface area contributed by atoms with E-state index in [4.69, 9.17) is 15.2 Å². The lowest BCUT2D eigenvalue weighted by Gasteiger charge is -2.10. The van der Waals surface area contributed by atoms with Crippen LogP contribution in [0.25, 0.3) is 0 Å². The molecular formula is C12H18N2O4. The number of methoxy groups -OCH3 is 2. The lowest BCUT2D eigenvalue weighted by atomic mass is 10.2. The van der Waals surface area contributed by atoms with Crippen LogP contribution >= 0.6 is 0 Å². The summed E-state index contributed by atoms with van der Waals surface area (Å²) < 4.78 is 14.9. The molecule has 1 amide bonds. The maximum atomic E-state index is 10.3. The quantitative estimate of drug-likeness (QED) is 0.706. The Bertz CT molecular complexity index is 396. The van der Waals surface area contributed by atoms with Gasteiger partial charge in [-0.25, -0.2) is 4.79 Å². The van der Waals surface area contributed by atoms with Crippen molar-refractivity contribution in [1.29, 1.82) is 0 Å². The molecule has 0 bridgehead atoms. The predicted octanol–water partition coefficient (Wildman–Crippen LogP) is 0.889. The number of hydrogen-bond donors (Lipinski definition) is 2. The minimum atomic E-state index is -0.761. The Morgan fingerprint density at radius 1 is 1.28 bits per heavy atom. The van der Waals surface area contributed by atoms with Crippen LogP contribution in [0.5, 0.6) is 11.5 Å². The lowest BCUT2D eigenvalue weighted by Crippen LogP contribution is -2.23. The highest BCUT2D eigenvalue weighted by Gasteiger charge is 2.04. The van der Waals surface area contributed by atoms with Crippen LogP contribution in [0.15, 0.2) is 18.2 Å². The average Bonchev–Trinajstić information content (AvgIpc) is 2.37. The molecule has 0 heterocycles. The van der Waals surface area contributed by atoms with Gasteiger partial charge in [0.05, 0.1) is 14.2 Å². The van der Waals surface area contributed by atoms with Gasteiger partial charge in [0.25, 0.3) is 0 Å². The second-order valence-electron chi connectivity index (χ2n) is 3.53. The SMILES string of the molecule is COc1ccc(CNCCOC(N)=O)cc1OC. The van der Waals surface area contributed by atoms with Gasteiger partial charge >= 0.3 is 6.09 Å². The zero-order valence-electron chi connectivity index (χ0n) is 10.6. The van der Waals surface area contributed by atoms with E-state index < -0.39 is 6.09 Å². The third-order valence-corrected chi connectivity index (χ3v) is 2.30. The maximum Gasteiger partial charge on any atom is 0.404 e. The van der Waals surface area contributed by atoms with E-state index in [0.717, 1.165) is 5.56 Å². The summed E-state index contributed by atoms with van der Waals surface area (Å²) in [4.78, 5) is 10.3. The van der Waals surface area contributed by atoms with Gasteiger partial charge in [-0.05, 0) is 17.7 Å². The number of primary amides is 1. The van der Waals surface area contributed by atoms with Crippen molar-refractivity contribution in [3.63, 3.8) is 0 Å². The van der Waals surface area contributed by atoms with Crippen molar-refractivity contribution in [2.75, 3.05) is 27.4 Å². The molecular weight excluding hydrogens is 236 g/mol. The highest BCUT2D eigenvalue weighted by atomic mass is 16.5. The molecule has 0 fully saturated rings. The molecule has 0 saturated heterocycles. The van der Waals surface area contributed by atoms with Gasteiger partial charge < -0.3 is 25.3 Å². The summed E-state index contributed by atoms with van der Waals surface area (Å²) in [6.07, 6.45) is -0.761. The molecule has 0 aromatic heterocycles. The Morgan fingerprint density at radius 2 is 2.00 bits per heavy atom. The van der Waals surface area contributed by atoms with E-state index >= 15 is 0 Å². The molecule has 1 rings (SSSR count). The van der Waals surface area contributed by atoms with Crippen LogP contribution in [-0.4, -0.2) is 33.5 Å². The topological polar surface area (TPSA) is 82.8 Å². The minimum absolute atomic E-state index is 0.253. The van der Waals surface area contributed by atoms with Crippen LogP contribution in [-0.2, 0) is 11.3 Å². The molecule has 6 heteroatoms. The van der Waals surface area contributed by atoms with Crippen LogP contribution in [0.4, 0.5) is 4.79 Å². The number of benzene rings is 1. The van der Waals surface area contributed by atoms with Crippen LogP contribution in [0, 0.1) is 0 Å². The molecule has 100 valence electrons. The number of nitrogens with one attached hydrogen (secondary N) is 1. The van der Waals surface area contributed by atoms with E-state index in [1.54, 1.807) is 14.2 Å². The Hall–Kier alpha value is -1.95. The zero-order valence-corrected chi connectivity index (χ0v) is 10.6. The third kappa shape index (κ3) is 4.50. The van der Waals surface area contributed by atoms with Crippen LogP contribution < -0.4 is 20.5 Å². The number of rotatable bonds is 7. The van der Waals surface area contributed by atoms with Gasteiger partial charge in [-0.3, -0.25) is 0 Å². The lowest BCUT2D eigenvalue weighted by molar-refractivity contribution is 0.157. The highest BCUT2D eigenvalue weighted by Crippen LogP contribution is 2.27. The standard InChI is InChI=1S/C12H18N2O4/c1-16-10-4-3-9(7-11(10)17-2)8-14-5-6-18-12(13)15/h3-4,7,14H,5-6,8H2,1-2H3,(H2,13,15). The normalized spacial score (nSPS) is 9.89. The predicted molar refractivity (Wildman–Crippen MR) is 66.8 cm³/mol. The Labute approximate surface area is 106 Å². The first kappa shape index (κ1) is 14.1. The fourth-order valence-corrected chi connectivity index (χ4v) is 1.45. The minimum Gasteiger partial charge on any atom is -0.493 e. The Kier molecular flexibility index (Phi) is 5.79. The van der Waals surface area contributed by atoms with Crippen molar-refractivity contribution in [1.82, 2.24) is 5.32 Å². The van der Waals surface area contributed by atoms with E-state index in [9.17, 15) is 4.79 Å². The number of hydrogen-bond acceptors (Lipinski definition) is 5. The largest absolute Gasteiger partial charge is 0.493 e. The molecule has 0 aliphatic rings. The van der Waals surface area contributed by atoms with Crippen molar-refractivity contribution in [2.45, 2.75) is 6.54 Å². The summed E-state index contributed by atoms with van der Waals surface area (Å²) in [6.45, 7) is 1.43. The second-order valence-corrected chi connectivity index (χ2v) is 3.53. The van der Waals surface area contributed by atoms with Gasteiger partial charge in [0.2, 0.25) is 0 Å². The molecule has 6 nitrogen and oxygen atoms in total. The van der Waals surface area contributed by atoms with Gasteiger partial charge in [-0.1, -0.05) is 6.07 Å². The molecule has 0 aliphatic heterocycles. The summed E-state index contributed by atoms with van der Waals surface area (Å²) in [5, 5.41) is 3.12. The van der Waals surface area contributed by atoms with Gasteiger partial charge in [0.1, 0.15) is 6.61 Å². The number of carbonyl (C=O) groups excluding carboxylic acids is 1. The highest BCUT2D eigenvalue weighted by molar-refractivity contribution is 5.64. The molecule has 0 saturated carbocycles. The zero-order chi connectivity index (χ0) is 13.4. The summed E-state index contributed by atoms with van der Waals surface area (Å²) in [5.41, 5.74) is 5.88. The van der Waals surface area contributed by atoms with E-state index in [2.05, 4.69) is 10.1 Å². The summed E-state index contributed by atoms with van der Waals surface area (Å²) in [5.74, 6) is 1.38. The Balaban J connectivity index is 2.40. The fraction of sp³-hybridized carbons (Fsp3) is 0.417. The first-order chi connectivity index (χ1) is 8.67. The van der Waals surface area contributed by atoms with E-state index in [-0.39, 0.29) is 6.61 Å². The van der Waals surface area contributed by atoms with Crippen molar-refractivity contribution in [2.24, 2.45) is 5.73 Å². The van der Waals surface area contributed by atoms with Crippen molar-refractivity contribution >= 4 is 6.09 Å². The third-order valence-electron chi connectivity index (χ3n) is 2.30. The molecule has 3 N–H and O–H groups in total. The molecule has 0 unspecified atom stereocenters. The van der Waals surface area contributed by atoms with Gasteiger partial charge in [0.15, 0.2) is 11.5 Å². The van der Waals surface area contributed by atoms with Gasteiger partial charge in [0, 0.05) is 13.1 Å². The number of nitrogens with two attached hydrogens (primary N) is 1. The molecule has 1 aromatic rings. The van der Waals surface area contributed by atoms with Crippen molar-refractivity contribution in [3.8, 4) is 11.5 Å². The van der Waals surface area contributed by atoms with Crippen LogP contribution in [0.3, 0.4) is 0 Å². The molecule has 0 spiro atoms. The average molecular weight is 254 g/mol. The van der Waals surface area contributed by atoms with E-state index in [0.29, 0.717) is 24.6 Å². The summed E-state index contributed by atoms with van der Waals surface area (Å²) >= 11 is 0. The van der Waals surface area contributed by atoms with Crippen molar-refractivity contribution in [3.05, 3.63) is 23.8 Å². The number of ether oxygens (including phenoxy) is 3. The smallest absolute Gasteiger partial charge is 0.404 e. The van der Waals surface area contributed by atoms with E-state index in [1.165, 1.54) is 0 Å². The molecule has 1 aromatic carbocycles. The first-order valence-electron chi connectivity index (χ1n) is 5.51. The van der Waals surface area contributed by atoms with Gasteiger partial charge in [-0.2, -0.15) is 0 Å². The van der Waals surface area contributed by atoms with E-state index in [1.807, 2.05) is 18.2 Å². The van der Waals surface area contributed by atoms with Gasteiger partial charge in [-0.15, -0.1) is 0 Å². The number of carbonyl (C=O) groups is 1. The molecule has 0 aliphatic carbocycles. The van der Waals surface area contributed by atoms with Crippen molar-refractivity contribution < 1.29 is 19.0 Å². The summed E-state index contributed by atoms with van der Waals surface area (Å²) in [6, 6.07) is 5.67. The molecule has 18 heavy (non-hydrogen) atoms. The number of amides is 1. The molecule has 0 radical (unpaired) electrons. The monoisotopic (exact) mass is 254 g/mol. The van der Waals surface area contributed by atoms with Crippen LogP contribution in [0.2, 0.25) is 0 Å². The maximum absolute atomic E-state index is 10.3. The summed E-state index contributed by atoms with van der Waals surface area (Å²) in [7, 11) is 3.19. The Morgan fingerprint density at radius 3 is 2.61 bits per heavy atom. The fourth-order valence-electron chi connectivity index (χ4n) is 1.45. The van der Waals surface area contributed by atoms with Crippen LogP contribution in [0.1, 0.15) is 5.56 Å². The first-order valence-corrected chi connectivity index (χ1v) is 5.51. The second kappa shape index (κ2) is 7.39.